The zero-order valence-electron chi connectivity index (χ0n) is 16.8. The third-order valence-electron chi connectivity index (χ3n) is 7.85. The van der Waals surface area contributed by atoms with Gasteiger partial charge in [0.25, 0.3) is 0 Å². The standard InChI is InChI=1S/C20H42/c1-14-20(13,15(2)16(3,4)5)19(11,12)18(9,10)17(6,7)8/h15H,14H2,1-13H3. The monoisotopic (exact) mass is 282 g/mol. The molecule has 0 radical (unpaired) electrons. The molecule has 0 N–H and O–H groups in total. The van der Waals surface area contributed by atoms with Gasteiger partial charge in [0.2, 0.25) is 0 Å². The topological polar surface area (TPSA) is 0 Å². The van der Waals surface area contributed by atoms with Crippen molar-refractivity contribution in [1.82, 2.24) is 0 Å². The quantitative estimate of drug-likeness (QED) is 0.512. The zero-order valence-corrected chi connectivity index (χ0v) is 16.8. The Kier molecular flexibility index (Phi) is 5.33. The van der Waals surface area contributed by atoms with Crippen LogP contribution in [0.2, 0.25) is 0 Å². The Balaban J connectivity index is 5.99. The second-order valence-electron chi connectivity index (χ2n) is 10.4. The van der Waals surface area contributed by atoms with Crippen LogP contribution in [0.4, 0.5) is 0 Å². The molecule has 0 aliphatic heterocycles. The number of hydrogen-bond donors (Lipinski definition) is 0. The lowest BCUT2D eigenvalue weighted by molar-refractivity contribution is -0.138. The first-order valence-corrected chi connectivity index (χ1v) is 8.47. The summed E-state index contributed by atoms with van der Waals surface area (Å²) in [6.45, 7) is 31.7. The fourth-order valence-electron chi connectivity index (χ4n) is 3.90. The summed E-state index contributed by atoms with van der Waals surface area (Å²) in [6, 6.07) is 0. The van der Waals surface area contributed by atoms with E-state index in [0.717, 1.165) is 0 Å². The van der Waals surface area contributed by atoms with Crippen molar-refractivity contribution in [2.24, 2.45) is 33.0 Å². The van der Waals surface area contributed by atoms with E-state index in [1.54, 1.807) is 0 Å². The van der Waals surface area contributed by atoms with Gasteiger partial charge in [-0.05, 0) is 39.4 Å². The predicted molar refractivity (Wildman–Crippen MR) is 94.0 cm³/mol. The molecule has 0 saturated heterocycles. The van der Waals surface area contributed by atoms with Crippen LogP contribution in [0.5, 0.6) is 0 Å². The van der Waals surface area contributed by atoms with Crippen molar-refractivity contribution >= 4 is 0 Å². The maximum atomic E-state index is 2.52. The minimum absolute atomic E-state index is 0.264. The Morgan fingerprint density at radius 3 is 1.20 bits per heavy atom. The summed E-state index contributed by atoms with van der Waals surface area (Å²) < 4.78 is 0. The molecule has 0 aliphatic rings. The molecule has 0 aromatic rings. The molecule has 0 saturated carbocycles. The summed E-state index contributed by atoms with van der Waals surface area (Å²) in [5.74, 6) is 0.677. The van der Waals surface area contributed by atoms with E-state index in [1.165, 1.54) is 6.42 Å². The van der Waals surface area contributed by atoms with Crippen molar-refractivity contribution in [3.63, 3.8) is 0 Å². The van der Waals surface area contributed by atoms with Crippen LogP contribution in [-0.4, -0.2) is 0 Å². The molecule has 0 aromatic carbocycles. The minimum Gasteiger partial charge on any atom is -0.0648 e. The molecular weight excluding hydrogens is 240 g/mol. The van der Waals surface area contributed by atoms with Crippen molar-refractivity contribution in [1.29, 1.82) is 0 Å². The average molecular weight is 283 g/mol. The zero-order chi connectivity index (χ0) is 16.8. The fraction of sp³-hybridized carbons (Fsp3) is 1.00. The van der Waals surface area contributed by atoms with Gasteiger partial charge in [0.05, 0.1) is 0 Å². The number of hydrogen-bond acceptors (Lipinski definition) is 0. The Hall–Kier alpha value is 0. The van der Waals surface area contributed by atoms with Crippen molar-refractivity contribution < 1.29 is 0 Å². The maximum Gasteiger partial charge on any atom is -0.0241 e. The van der Waals surface area contributed by atoms with Gasteiger partial charge >= 0.3 is 0 Å². The highest BCUT2D eigenvalue weighted by molar-refractivity contribution is 5.05. The molecule has 0 heteroatoms. The number of rotatable bonds is 4. The lowest BCUT2D eigenvalue weighted by Crippen LogP contribution is -2.55. The lowest BCUT2D eigenvalue weighted by Gasteiger charge is -2.62. The summed E-state index contributed by atoms with van der Waals surface area (Å²) in [5, 5.41) is 0. The SMILES string of the molecule is CCC(C)(C(C)C(C)(C)C)C(C)(C)C(C)(C)C(C)(C)C. The van der Waals surface area contributed by atoms with Crippen molar-refractivity contribution in [3.8, 4) is 0 Å². The van der Waals surface area contributed by atoms with Crippen LogP contribution in [-0.2, 0) is 0 Å². The second kappa shape index (κ2) is 5.33. The molecule has 0 bridgehead atoms. The summed E-state index contributed by atoms with van der Waals surface area (Å²) >= 11 is 0. The van der Waals surface area contributed by atoms with Crippen LogP contribution in [0.15, 0.2) is 0 Å². The Morgan fingerprint density at radius 1 is 0.650 bits per heavy atom. The van der Waals surface area contributed by atoms with Gasteiger partial charge in [0, 0.05) is 0 Å². The van der Waals surface area contributed by atoms with Crippen LogP contribution >= 0.6 is 0 Å². The molecule has 0 fully saturated rings. The van der Waals surface area contributed by atoms with Crippen molar-refractivity contribution in [2.75, 3.05) is 0 Å². The molecule has 0 heterocycles. The van der Waals surface area contributed by atoms with E-state index in [0.29, 0.717) is 22.2 Å². The van der Waals surface area contributed by atoms with E-state index < -0.39 is 0 Å². The Labute approximate surface area is 130 Å². The van der Waals surface area contributed by atoms with E-state index >= 15 is 0 Å². The highest BCUT2D eigenvalue weighted by Gasteiger charge is 2.57. The third-order valence-corrected chi connectivity index (χ3v) is 7.85. The molecule has 122 valence electrons. The van der Waals surface area contributed by atoms with E-state index in [4.69, 9.17) is 0 Å². The molecule has 0 nitrogen and oxygen atoms in total. The van der Waals surface area contributed by atoms with Gasteiger partial charge in [-0.1, -0.05) is 90.0 Å². The smallest absolute Gasteiger partial charge is 0.0241 e. The van der Waals surface area contributed by atoms with E-state index in [1.807, 2.05) is 0 Å². The van der Waals surface area contributed by atoms with Gasteiger partial charge in [-0.2, -0.15) is 0 Å². The highest BCUT2D eigenvalue weighted by Crippen LogP contribution is 2.64. The van der Waals surface area contributed by atoms with Gasteiger partial charge in [-0.15, -0.1) is 0 Å². The summed E-state index contributed by atoms with van der Waals surface area (Å²) in [5.41, 5.74) is 1.49. The second-order valence-corrected chi connectivity index (χ2v) is 10.4. The molecule has 2 unspecified atom stereocenters. The van der Waals surface area contributed by atoms with E-state index in [2.05, 4.69) is 90.0 Å². The first-order chi connectivity index (χ1) is 8.47. The summed E-state index contributed by atoms with van der Waals surface area (Å²) in [7, 11) is 0. The third kappa shape index (κ3) is 2.95. The van der Waals surface area contributed by atoms with Crippen molar-refractivity contribution in [3.05, 3.63) is 0 Å². The Bertz CT molecular complexity index is 316. The largest absolute Gasteiger partial charge is 0.0648 e. The van der Waals surface area contributed by atoms with Gasteiger partial charge in [0.15, 0.2) is 0 Å². The molecule has 0 amide bonds. The van der Waals surface area contributed by atoms with Crippen LogP contribution in [0.3, 0.4) is 0 Å². The predicted octanol–water partition coefficient (Wildman–Crippen LogP) is 7.18. The normalized spacial score (nSPS) is 19.6. The van der Waals surface area contributed by atoms with Crippen LogP contribution < -0.4 is 0 Å². The minimum atomic E-state index is 0.264. The average Bonchev–Trinajstić information content (AvgIpc) is 2.23. The van der Waals surface area contributed by atoms with Crippen LogP contribution in [0, 0.1) is 33.0 Å². The Morgan fingerprint density at radius 2 is 1.00 bits per heavy atom. The molecular formula is C20H42. The molecule has 0 spiro atoms. The molecule has 20 heavy (non-hydrogen) atoms. The first-order valence-electron chi connectivity index (χ1n) is 8.47. The highest BCUT2D eigenvalue weighted by atomic mass is 14.6. The van der Waals surface area contributed by atoms with Crippen LogP contribution in [0.25, 0.3) is 0 Å². The molecule has 2 atom stereocenters. The van der Waals surface area contributed by atoms with E-state index in [-0.39, 0.29) is 10.8 Å². The fourth-order valence-corrected chi connectivity index (χ4v) is 3.90. The van der Waals surface area contributed by atoms with E-state index in [9.17, 15) is 0 Å². The lowest BCUT2D eigenvalue weighted by atomic mass is 9.42. The van der Waals surface area contributed by atoms with Gasteiger partial charge in [-0.3, -0.25) is 0 Å². The van der Waals surface area contributed by atoms with Gasteiger partial charge < -0.3 is 0 Å². The van der Waals surface area contributed by atoms with Crippen molar-refractivity contribution in [2.45, 2.75) is 96.4 Å². The van der Waals surface area contributed by atoms with Crippen LogP contribution in [0.1, 0.15) is 96.4 Å². The maximum absolute atomic E-state index is 2.52. The first kappa shape index (κ1) is 20.0. The molecule has 0 aliphatic carbocycles. The molecule has 0 aromatic heterocycles. The van der Waals surface area contributed by atoms with Gasteiger partial charge in [-0.25, -0.2) is 0 Å². The summed E-state index contributed by atoms with van der Waals surface area (Å²) in [6.07, 6.45) is 1.23. The molecule has 0 rings (SSSR count). The summed E-state index contributed by atoms with van der Waals surface area (Å²) in [4.78, 5) is 0. The van der Waals surface area contributed by atoms with Gasteiger partial charge in [0.1, 0.15) is 0 Å².